The van der Waals surface area contributed by atoms with Crippen LogP contribution < -0.4 is 19.5 Å². The van der Waals surface area contributed by atoms with Gasteiger partial charge in [0.05, 0.1) is 40.5 Å². The second kappa shape index (κ2) is 16.8. The number of carbonyl (C=O) groups excluding carboxylic acids is 1. The molecule has 0 fully saturated rings. The topological polar surface area (TPSA) is 134 Å². The molecule has 0 aliphatic carbocycles. The van der Waals surface area contributed by atoms with Crippen LogP contribution in [0.25, 0.3) is 11.1 Å². The summed E-state index contributed by atoms with van der Waals surface area (Å²) in [6.45, 7) is 3.36. The van der Waals surface area contributed by atoms with E-state index in [1.54, 1.807) is 18.3 Å². The molecule has 1 heterocycles. The van der Waals surface area contributed by atoms with Crippen molar-refractivity contribution in [1.82, 2.24) is 10.3 Å². The summed E-state index contributed by atoms with van der Waals surface area (Å²) in [6, 6.07) is 18.3. The van der Waals surface area contributed by atoms with Crippen molar-refractivity contribution in [2.75, 3.05) is 26.3 Å². The Hall–Kier alpha value is -4.17. The molecule has 234 valence electrons. The number of hydrogen-bond donors (Lipinski definition) is 3. The summed E-state index contributed by atoms with van der Waals surface area (Å²) in [4.78, 5) is 15.7. The predicted molar refractivity (Wildman–Crippen MR) is 172 cm³/mol. The fourth-order valence-corrected chi connectivity index (χ4v) is 5.01. The first-order valence-electron chi connectivity index (χ1n) is 14.2. The number of aliphatic hydroxyl groups is 2. The summed E-state index contributed by atoms with van der Waals surface area (Å²) in [5.41, 5.74) is 4.96. The fraction of sp³-hybridized carbons (Fsp3) is 0.265. The Balaban J connectivity index is 1.44. The van der Waals surface area contributed by atoms with Crippen LogP contribution in [-0.2, 0) is 13.2 Å². The minimum absolute atomic E-state index is 0.0980. The highest BCUT2D eigenvalue weighted by Crippen LogP contribution is 2.38. The Kier molecular flexibility index (Phi) is 12.6. The first kappa shape index (κ1) is 33.7. The molecule has 0 aliphatic rings. The van der Waals surface area contributed by atoms with E-state index in [0.29, 0.717) is 65.8 Å². The van der Waals surface area contributed by atoms with Gasteiger partial charge in [0.2, 0.25) is 0 Å². The number of ether oxygens (including phenoxy) is 3. The second-order valence-electron chi connectivity index (χ2n) is 10.2. The number of pyridine rings is 1. The molecule has 0 radical (unpaired) electrons. The molecule has 4 aromatic rings. The molecule has 4 rings (SSSR count). The molecule has 0 spiro atoms. The van der Waals surface area contributed by atoms with Gasteiger partial charge in [0.25, 0.3) is 0 Å². The maximum absolute atomic E-state index is 11.7. The molecule has 11 heteroatoms. The fourth-order valence-electron chi connectivity index (χ4n) is 4.50. The zero-order chi connectivity index (χ0) is 32.2. The molecule has 1 unspecified atom stereocenters. The van der Waals surface area contributed by atoms with Gasteiger partial charge in [0.15, 0.2) is 6.29 Å². The van der Waals surface area contributed by atoms with Crippen molar-refractivity contribution >= 4 is 29.5 Å². The summed E-state index contributed by atoms with van der Waals surface area (Å²) in [5, 5.41) is 31.2. The van der Waals surface area contributed by atoms with E-state index in [4.69, 9.17) is 47.8 Å². The molecule has 0 saturated carbocycles. The van der Waals surface area contributed by atoms with Crippen LogP contribution in [0.2, 0.25) is 10.0 Å². The third-order valence-electron chi connectivity index (χ3n) is 6.94. The van der Waals surface area contributed by atoms with Crippen LogP contribution in [0.3, 0.4) is 0 Å². The Morgan fingerprint density at radius 2 is 1.78 bits per heavy atom. The monoisotopic (exact) mass is 649 g/mol. The number of carbonyl (C=O) groups is 1. The van der Waals surface area contributed by atoms with Crippen molar-refractivity contribution < 1.29 is 29.2 Å². The smallest absolute Gasteiger partial charge is 0.153 e. The predicted octanol–water partition coefficient (Wildman–Crippen LogP) is 5.92. The number of aldehydes is 1. The number of aromatic nitrogens is 1. The number of nitriles is 1. The van der Waals surface area contributed by atoms with Gasteiger partial charge in [0, 0.05) is 36.1 Å². The number of hydrogen-bond acceptors (Lipinski definition) is 9. The molecule has 0 amide bonds. The number of rotatable bonds is 16. The number of nitrogens with one attached hydrogen (secondary N) is 1. The van der Waals surface area contributed by atoms with Crippen molar-refractivity contribution in [2.45, 2.75) is 32.7 Å². The largest absolute Gasteiger partial charge is 0.492 e. The van der Waals surface area contributed by atoms with E-state index in [1.807, 2.05) is 49.4 Å². The van der Waals surface area contributed by atoms with Gasteiger partial charge in [-0.15, -0.1) is 0 Å². The average molecular weight is 651 g/mol. The SMILES string of the molecule is Cc1c(COc2cc(OCc3cncc(C#N)c3)c(C=O)cc2Cl)cccc1-c1cccc(OCCCNCC(O)CO)c1Cl. The lowest BCUT2D eigenvalue weighted by Crippen LogP contribution is -2.30. The molecule has 1 aromatic heterocycles. The van der Waals surface area contributed by atoms with Crippen LogP contribution >= 0.6 is 23.2 Å². The third kappa shape index (κ3) is 9.17. The first-order chi connectivity index (χ1) is 21.8. The summed E-state index contributed by atoms with van der Waals surface area (Å²) < 4.78 is 17.9. The van der Waals surface area contributed by atoms with Gasteiger partial charge in [-0.3, -0.25) is 9.78 Å². The van der Waals surface area contributed by atoms with Gasteiger partial charge >= 0.3 is 0 Å². The maximum atomic E-state index is 11.7. The van der Waals surface area contributed by atoms with Gasteiger partial charge < -0.3 is 29.7 Å². The van der Waals surface area contributed by atoms with Crippen LogP contribution in [0.1, 0.15) is 39.0 Å². The van der Waals surface area contributed by atoms with Crippen molar-refractivity contribution in [3.05, 3.63) is 105 Å². The molecule has 45 heavy (non-hydrogen) atoms. The average Bonchev–Trinajstić information content (AvgIpc) is 3.06. The lowest BCUT2D eigenvalue weighted by Gasteiger charge is -2.17. The molecule has 0 aliphatic heterocycles. The zero-order valence-electron chi connectivity index (χ0n) is 24.6. The maximum Gasteiger partial charge on any atom is 0.153 e. The Labute approximate surface area is 271 Å². The lowest BCUT2D eigenvalue weighted by atomic mass is 9.96. The quantitative estimate of drug-likeness (QED) is 0.0999. The summed E-state index contributed by atoms with van der Waals surface area (Å²) in [7, 11) is 0. The van der Waals surface area contributed by atoms with E-state index in [9.17, 15) is 9.90 Å². The number of halogens is 2. The summed E-state index contributed by atoms with van der Waals surface area (Å²) in [5.74, 6) is 1.20. The minimum atomic E-state index is -0.781. The molecular formula is C34H33Cl2N3O6. The standard InChI is InChI=1S/C34H33Cl2N3O6/c1-22-25(5-2-6-28(22)29-7-3-8-31(34(29)36)43-10-4-9-38-17-27(42)19-41)21-45-33-13-32(26(18-40)12-30(33)35)44-20-24-11-23(14-37)15-39-16-24/h2-3,5-8,11-13,15-16,18,27,38,41-42H,4,9-10,17,19-21H2,1H3. The molecule has 1 atom stereocenters. The Morgan fingerprint density at radius 1 is 1.00 bits per heavy atom. The summed E-state index contributed by atoms with van der Waals surface area (Å²) >= 11 is 13.2. The zero-order valence-corrected chi connectivity index (χ0v) is 26.1. The van der Waals surface area contributed by atoms with Crippen LogP contribution in [0.5, 0.6) is 17.2 Å². The van der Waals surface area contributed by atoms with E-state index >= 15 is 0 Å². The van der Waals surface area contributed by atoms with E-state index in [1.165, 1.54) is 12.3 Å². The normalized spacial score (nSPS) is 11.5. The second-order valence-corrected chi connectivity index (χ2v) is 10.9. The van der Waals surface area contributed by atoms with Gasteiger partial charge in [-0.1, -0.05) is 53.5 Å². The number of benzene rings is 3. The van der Waals surface area contributed by atoms with E-state index in [2.05, 4.69) is 10.3 Å². The molecule has 9 nitrogen and oxygen atoms in total. The molecule has 3 aromatic carbocycles. The minimum Gasteiger partial charge on any atom is -0.492 e. The number of nitrogens with zero attached hydrogens (tertiary/aromatic N) is 2. The molecule has 3 N–H and O–H groups in total. The van der Waals surface area contributed by atoms with Crippen LogP contribution in [-0.4, -0.2) is 53.9 Å². The van der Waals surface area contributed by atoms with E-state index in [0.717, 1.165) is 22.3 Å². The Bertz CT molecular complexity index is 1660. The van der Waals surface area contributed by atoms with Crippen molar-refractivity contribution in [3.8, 4) is 34.4 Å². The first-order valence-corrected chi connectivity index (χ1v) is 15.0. The Morgan fingerprint density at radius 3 is 2.56 bits per heavy atom. The third-order valence-corrected chi connectivity index (χ3v) is 7.62. The van der Waals surface area contributed by atoms with Crippen LogP contribution in [0.15, 0.2) is 67.0 Å². The highest BCUT2D eigenvalue weighted by molar-refractivity contribution is 6.35. The van der Waals surface area contributed by atoms with E-state index < -0.39 is 6.10 Å². The van der Waals surface area contributed by atoms with Crippen LogP contribution in [0, 0.1) is 18.3 Å². The van der Waals surface area contributed by atoms with Gasteiger partial charge in [-0.05, 0) is 54.8 Å². The van der Waals surface area contributed by atoms with Gasteiger partial charge in [-0.2, -0.15) is 5.26 Å². The van der Waals surface area contributed by atoms with Crippen molar-refractivity contribution in [2.24, 2.45) is 0 Å². The van der Waals surface area contributed by atoms with Crippen molar-refractivity contribution in [1.29, 1.82) is 5.26 Å². The molecule has 0 bridgehead atoms. The van der Waals surface area contributed by atoms with Crippen molar-refractivity contribution in [3.63, 3.8) is 0 Å². The van der Waals surface area contributed by atoms with E-state index in [-0.39, 0.29) is 30.4 Å². The molecule has 0 saturated heterocycles. The van der Waals surface area contributed by atoms with Gasteiger partial charge in [0.1, 0.15) is 36.5 Å². The number of aliphatic hydroxyl groups excluding tert-OH is 2. The highest BCUT2D eigenvalue weighted by Gasteiger charge is 2.16. The highest BCUT2D eigenvalue weighted by atomic mass is 35.5. The van der Waals surface area contributed by atoms with Gasteiger partial charge in [-0.25, -0.2) is 0 Å². The molecular weight excluding hydrogens is 617 g/mol. The van der Waals surface area contributed by atoms with Crippen LogP contribution in [0.4, 0.5) is 0 Å². The lowest BCUT2D eigenvalue weighted by molar-refractivity contribution is 0.0942. The summed E-state index contributed by atoms with van der Waals surface area (Å²) in [6.07, 6.45) is 3.62.